The van der Waals surface area contributed by atoms with Crippen molar-refractivity contribution in [1.29, 1.82) is 0 Å². The van der Waals surface area contributed by atoms with Gasteiger partial charge in [-0.1, -0.05) is 23.7 Å². The number of nitrogens with one attached hydrogen (secondary N) is 1. The molecule has 98 valence electrons. The molecule has 0 saturated carbocycles. The van der Waals surface area contributed by atoms with Gasteiger partial charge in [-0.25, -0.2) is 0 Å². The van der Waals surface area contributed by atoms with E-state index in [1.807, 2.05) is 30.3 Å². The predicted molar refractivity (Wildman–Crippen MR) is 80.5 cm³/mol. The van der Waals surface area contributed by atoms with E-state index in [9.17, 15) is 4.79 Å². The Morgan fingerprint density at radius 2 is 2.21 bits per heavy atom. The second-order valence-corrected chi connectivity index (χ2v) is 5.33. The molecule has 0 aliphatic heterocycles. The molecule has 2 rings (SSSR count). The van der Waals surface area contributed by atoms with Crippen LogP contribution in [-0.2, 0) is 10.5 Å². The summed E-state index contributed by atoms with van der Waals surface area (Å²) in [5, 5.41) is 3.51. The molecule has 1 aromatic carbocycles. The number of carbonyl (C=O) groups excluding carboxylic acids is 1. The summed E-state index contributed by atoms with van der Waals surface area (Å²) in [4.78, 5) is 15.6. The number of carbonyl (C=O) groups is 1. The van der Waals surface area contributed by atoms with Gasteiger partial charge in [-0.15, -0.1) is 11.8 Å². The van der Waals surface area contributed by atoms with Crippen molar-refractivity contribution >= 4 is 35.0 Å². The lowest BCUT2D eigenvalue weighted by molar-refractivity contribution is -0.113. The number of benzene rings is 1. The average Bonchev–Trinajstić information content (AvgIpc) is 2.40. The third-order valence-electron chi connectivity index (χ3n) is 2.34. The lowest BCUT2D eigenvalue weighted by Gasteiger charge is -2.04. The van der Waals surface area contributed by atoms with Crippen molar-refractivity contribution in [2.75, 3.05) is 11.1 Å². The van der Waals surface area contributed by atoms with Gasteiger partial charge in [0, 0.05) is 17.0 Å². The lowest BCUT2D eigenvalue weighted by Crippen LogP contribution is -2.14. The Labute approximate surface area is 121 Å². The maximum Gasteiger partial charge on any atom is 0.234 e. The van der Waals surface area contributed by atoms with Crippen LogP contribution in [-0.4, -0.2) is 16.6 Å². The predicted octanol–water partition coefficient (Wildman–Crippen LogP) is 3.61. The van der Waals surface area contributed by atoms with Crippen LogP contribution in [0.25, 0.3) is 0 Å². The third-order valence-corrected chi connectivity index (χ3v) is 3.58. The minimum Gasteiger partial charge on any atom is -0.324 e. The van der Waals surface area contributed by atoms with E-state index in [1.165, 1.54) is 0 Å². The summed E-state index contributed by atoms with van der Waals surface area (Å²) in [7, 11) is 0. The van der Waals surface area contributed by atoms with Gasteiger partial charge >= 0.3 is 0 Å². The zero-order valence-corrected chi connectivity index (χ0v) is 11.7. The molecule has 1 amide bonds. The fraction of sp³-hybridized carbons (Fsp3) is 0.143. The van der Waals surface area contributed by atoms with Gasteiger partial charge in [0.1, 0.15) is 0 Å². The van der Waals surface area contributed by atoms with E-state index in [0.717, 1.165) is 22.0 Å². The first kappa shape index (κ1) is 13.9. The first-order valence-corrected chi connectivity index (χ1v) is 7.29. The molecule has 0 aliphatic rings. The van der Waals surface area contributed by atoms with E-state index in [-0.39, 0.29) is 5.91 Å². The van der Waals surface area contributed by atoms with Crippen molar-refractivity contribution in [3.63, 3.8) is 0 Å². The molecule has 0 saturated heterocycles. The van der Waals surface area contributed by atoms with Gasteiger partial charge in [0.05, 0.1) is 17.6 Å². The standard InChI is InChI=1S/C14H13ClN2OS/c15-12-4-1-3-11(7-12)9-19-10-14(18)17-13-5-2-6-16-8-13/h1-8H,9-10H2,(H,17,18). The van der Waals surface area contributed by atoms with Crippen LogP contribution >= 0.6 is 23.4 Å². The molecule has 0 bridgehead atoms. The van der Waals surface area contributed by atoms with E-state index in [2.05, 4.69) is 10.3 Å². The van der Waals surface area contributed by atoms with Crippen molar-refractivity contribution in [2.24, 2.45) is 0 Å². The van der Waals surface area contributed by atoms with Gasteiger partial charge in [-0.2, -0.15) is 0 Å². The van der Waals surface area contributed by atoms with E-state index in [1.54, 1.807) is 30.2 Å². The molecule has 0 spiro atoms. The van der Waals surface area contributed by atoms with Crippen molar-refractivity contribution in [2.45, 2.75) is 5.75 Å². The highest BCUT2D eigenvalue weighted by atomic mass is 35.5. The number of pyridine rings is 1. The fourth-order valence-electron chi connectivity index (χ4n) is 1.52. The van der Waals surface area contributed by atoms with Crippen molar-refractivity contribution < 1.29 is 4.79 Å². The molecule has 3 nitrogen and oxygen atoms in total. The Morgan fingerprint density at radius 1 is 1.32 bits per heavy atom. The number of nitrogens with zero attached hydrogens (tertiary/aromatic N) is 1. The normalized spacial score (nSPS) is 10.2. The molecule has 0 radical (unpaired) electrons. The highest BCUT2D eigenvalue weighted by Crippen LogP contribution is 2.16. The summed E-state index contributed by atoms with van der Waals surface area (Å²) < 4.78 is 0. The molecule has 1 heterocycles. The smallest absolute Gasteiger partial charge is 0.234 e. The summed E-state index contributed by atoms with van der Waals surface area (Å²) in [6, 6.07) is 11.3. The van der Waals surface area contributed by atoms with Crippen LogP contribution in [0.4, 0.5) is 5.69 Å². The quantitative estimate of drug-likeness (QED) is 0.915. The van der Waals surface area contributed by atoms with Crippen molar-refractivity contribution in [1.82, 2.24) is 4.98 Å². The number of halogens is 1. The van der Waals surface area contributed by atoms with E-state index < -0.39 is 0 Å². The third kappa shape index (κ3) is 4.93. The Balaban J connectivity index is 1.75. The molecule has 19 heavy (non-hydrogen) atoms. The maximum absolute atomic E-state index is 11.7. The summed E-state index contributed by atoms with van der Waals surface area (Å²) in [6.45, 7) is 0. The number of anilines is 1. The van der Waals surface area contributed by atoms with Crippen LogP contribution in [0, 0.1) is 0 Å². The molecule has 2 aromatic rings. The van der Waals surface area contributed by atoms with Crippen molar-refractivity contribution in [3.05, 3.63) is 59.4 Å². The second-order valence-electron chi connectivity index (χ2n) is 3.91. The van der Waals surface area contributed by atoms with Crippen LogP contribution in [0.15, 0.2) is 48.8 Å². The summed E-state index contributed by atoms with van der Waals surface area (Å²) in [6.07, 6.45) is 3.29. The Kier molecular flexibility index (Phi) is 5.24. The summed E-state index contributed by atoms with van der Waals surface area (Å²) in [5.41, 5.74) is 1.84. The number of aromatic nitrogens is 1. The minimum atomic E-state index is -0.0278. The molecular formula is C14H13ClN2OS. The van der Waals surface area contributed by atoms with Gasteiger partial charge in [0.15, 0.2) is 0 Å². The number of thioether (sulfide) groups is 1. The van der Waals surface area contributed by atoms with Crippen LogP contribution < -0.4 is 5.32 Å². The number of hydrogen-bond acceptors (Lipinski definition) is 3. The van der Waals surface area contributed by atoms with Crippen LogP contribution in [0.3, 0.4) is 0 Å². The highest BCUT2D eigenvalue weighted by molar-refractivity contribution is 7.99. The monoisotopic (exact) mass is 292 g/mol. The van der Waals surface area contributed by atoms with Gasteiger partial charge in [0.25, 0.3) is 0 Å². The zero-order chi connectivity index (χ0) is 13.5. The summed E-state index contributed by atoms with van der Waals surface area (Å²) in [5.74, 6) is 1.14. The number of amides is 1. The molecule has 0 unspecified atom stereocenters. The fourth-order valence-corrected chi connectivity index (χ4v) is 2.51. The van der Waals surface area contributed by atoms with Crippen LogP contribution in [0.1, 0.15) is 5.56 Å². The first-order chi connectivity index (χ1) is 9.24. The van der Waals surface area contributed by atoms with Crippen molar-refractivity contribution in [3.8, 4) is 0 Å². The van der Waals surface area contributed by atoms with Gasteiger partial charge in [-0.05, 0) is 29.8 Å². The number of rotatable bonds is 5. The van der Waals surface area contributed by atoms with E-state index in [4.69, 9.17) is 11.6 Å². The molecule has 0 fully saturated rings. The van der Waals surface area contributed by atoms with Crippen LogP contribution in [0.5, 0.6) is 0 Å². The van der Waals surface area contributed by atoms with Gasteiger partial charge in [-0.3, -0.25) is 9.78 Å². The van der Waals surface area contributed by atoms with E-state index >= 15 is 0 Å². The first-order valence-electron chi connectivity index (χ1n) is 5.76. The SMILES string of the molecule is O=C(CSCc1cccc(Cl)c1)Nc1cccnc1. The van der Waals surface area contributed by atoms with Gasteiger partial charge in [0.2, 0.25) is 5.91 Å². The number of hydrogen-bond donors (Lipinski definition) is 1. The molecule has 5 heteroatoms. The molecule has 0 aliphatic carbocycles. The largest absolute Gasteiger partial charge is 0.324 e. The lowest BCUT2D eigenvalue weighted by atomic mass is 10.2. The Bertz CT molecular complexity index is 548. The van der Waals surface area contributed by atoms with E-state index in [0.29, 0.717) is 5.75 Å². The molecule has 0 atom stereocenters. The average molecular weight is 293 g/mol. The summed E-state index contributed by atoms with van der Waals surface area (Å²) >= 11 is 7.45. The molecule has 1 aromatic heterocycles. The minimum absolute atomic E-state index is 0.0278. The topological polar surface area (TPSA) is 42.0 Å². The Hall–Kier alpha value is -1.52. The van der Waals surface area contributed by atoms with Gasteiger partial charge < -0.3 is 5.32 Å². The molecular weight excluding hydrogens is 280 g/mol. The second kappa shape index (κ2) is 7.16. The maximum atomic E-state index is 11.7. The molecule has 1 N–H and O–H groups in total. The zero-order valence-electron chi connectivity index (χ0n) is 10.2. The highest BCUT2D eigenvalue weighted by Gasteiger charge is 2.03. The Morgan fingerprint density at radius 3 is 2.95 bits per heavy atom. The van der Waals surface area contributed by atoms with Crippen LogP contribution in [0.2, 0.25) is 5.02 Å².